The van der Waals surface area contributed by atoms with Crippen molar-refractivity contribution in [3.05, 3.63) is 66.9 Å². The van der Waals surface area contributed by atoms with Gasteiger partial charge in [0.05, 0.1) is 12.7 Å². The van der Waals surface area contributed by atoms with E-state index in [0.29, 0.717) is 18.7 Å². The fraction of sp³-hybridized carbons (Fsp3) is 0.250. The van der Waals surface area contributed by atoms with Gasteiger partial charge in [0, 0.05) is 50.5 Å². The van der Waals surface area contributed by atoms with Crippen LogP contribution in [-0.2, 0) is 0 Å². The molecule has 27 heavy (non-hydrogen) atoms. The molecule has 1 aliphatic rings. The van der Waals surface area contributed by atoms with E-state index in [1.165, 1.54) is 0 Å². The summed E-state index contributed by atoms with van der Waals surface area (Å²) in [5.74, 6) is 1.61. The summed E-state index contributed by atoms with van der Waals surface area (Å²) in [6.07, 6.45) is 6.83. The zero-order valence-corrected chi connectivity index (χ0v) is 15.2. The number of rotatable bonds is 4. The van der Waals surface area contributed by atoms with Crippen molar-refractivity contribution in [2.45, 2.75) is 0 Å². The van der Waals surface area contributed by atoms with E-state index in [1.54, 1.807) is 25.8 Å². The van der Waals surface area contributed by atoms with Crippen LogP contribution in [0, 0.1) is 0 Å². The smallest absolute Gasteiger partial charge is 0.255 e. The lowest BCUT2D eigenvalue weighted by atomic mass is 10.2. The molecule has 0 unspecified atom stereocenters. The second kappa shape index (κ2) is 7.49. The van der Waals surface area contributed by atoms with E-state index in [9.17, 15) is 4.79 Å². The van der Waals surface area contributed by atoms with Crippen LogP contribution in [-0.4, -0.2) is 58.6 Å². The van der Waals surface area contributed by atoms with Crippen LogP contribution in [0.2, 0.25) is 0 Å². The Morgan fingerprint density at radius 1 is 1.04 bits per heavy atom. The fourth-order valence-electron chi connectivity index (χ4n) is 3.20. The number of anilines is 1. The first-order valence-electron chi connectivity index (χ1n) is 8.87. The quantitative estimate of drug-likeness (QED) is 0.711. The number of imidazole rings is 1. The van der Waals surface area contributed by atoms with E-state index in [4.69, 9.17) is 4.74 Å². The Balaban J connectivity index is 1.38. The second-order valence-electron chi connectivity index (χ2n) is 6.35. The van der Waals surface area contributed by atoms with Crippen LogP contribution in [0.5, 0.6) is 5.75 Å². The first-order chi connectivity index (χ1) is 13.2. The van der Waals surface area contributed by atoms with Crippen molar-refractivity contribution in [1.82, 2.24) is 19.4 Å². The highest BCUT2D eigenvalue weighted by Gasteiger charge is 2.22. The number of nitrogens with zero attached hydrogens (tertiary/aromatic N) is 5. The third-order valence-electron chi connectivity index (χ3n) is 4.77. The number of piperazine rings is 1. The van der Waals surface area contributed by atoms with E-state index < -0.39 is 0 Å². The molecule has 0 N–H and O–H groups in total. The summed E-state index contributed by atoms with van der Waals surface area (Å²) in [4.78, 5) is 25.3. The number of hydrogen-bond acceptors (Lipinski definition) is 5. The lowest BCUT2D eigenvalue weighted by Crippen LogP contribution is -2.48. The minimum atomic E-state index is 0.0223. The van der Waals surface area contributed by atoms with E-state index in [2.05, 4.69) is 27.0 Å². The Morgan fingerprint density at radius 2 is 1.81 bits per heavy atom. The van der Waals surface area contributed by atoms with Gasteiger partial charge in [-0.25, -0.2) is 9.97 Å². The summed E-state index contributed by atoms with van der Waals surface area (Å²) in [5, 5.41) is 0. The number of ether oxygens (including phenoxy) is 1. The molecule has 3 heterocycles. The van der Waals surface area contributed by atoms with Crippen LogP contribution < -0.4 is 9.64 Å². The number of aromatic nitrogens is 3. The highest BCUT2D eigenvalue weighted by atomic mass is 16.5. The van der Waals surface area contributed by atoms with Gasteiger partial charge < -0.3 is 14.5 Å². The predicted molar refractivity (Wildman–Crippen MR) is 102 cm³/mol. The standard InChI is InChI=1S/C20H21N5O2/c1-27-18-5-3-17(4-6-18)23-10-12-24(13-11-23)20(26)16-2-7-19(22-14-16)25-9-8-21-15-25/h2-9,14-15H,10-13H2,1H3. The molecule has 0 aliphatic carbocycles. The first kappa shape index (κ1) is 17.1. The van der Waals surface area contributed by atoms with Crippen LogP contribution in [0.1, 0.15) is 10.4 Å². The molecule has 7 nitrogen and oxygen atoms in total. The van der Waals surface area contributed by atoms with Gasteiger partial charge in [0.2, 0.25) is 0 Å². The van der Waals surface area contributed by atoms with E-state index >= 15 is 0 Å². The molecular formula is C20H21N5O2. The average molecular weight is 363 g/mol. The summed E-state index contributed by atoms with van der Waals surface area (Å²) < 4.78 is 7.01. The van der Waals surface area contributed by atoms with Gasteiger partial charge in [-0.15, -0.1) is 0 Å². The molecule has 0 spiro atoms. The van der Waals surface area contributed by atoms with Gasteiger partial charge in [0.1, 0.15) is 17.9 Å². The molecule has 7 heteroatoms. The monoisotopic (exact) mass is 363 g/mol. The topological polar surface area (TPSA) is 63.5 Å². The van der Waals surface area contributed by atoms with E-state index in [1.807, 2.05) is 39.9 Å². The lowest BCUT2D eigenvalue weighted by molar-refractivity contribution is 0.0746. The minimum absolute atomic E-state index is 0.0223. The molecule has 1 amide bonds. The summed E-state index contributed by atoms with van der Waals surface area (Å²) >= 11 is 0. The zero-order chi connectivity index (χ0) is 18.6. The average Bonchev–Trinajstić information content (AvgIpc) is 3.28. The van der Waals surface area contributed by atoms with Gasteiger partial charge in [-0.05, 0) is 36.4 Å². The normalized spacial score (nSPS) is 14.3. The van der Waals surface area contributed by atoms with Crippen molar-refractivity contribution in [1.29, 1.82) is 0 Å². The largest absolute Gasteiger partial charge is 0.497 e. The lowest BCUT2D eigenvalue weighted by Gasteiger charge is -2.36. The third kappa shape index (κ3) is 3.62. The maximum Gasteiger partial charge on any atom is 0.255 e. The number of carbonyl (C=O) groups is 1. The molecule has 3 aromatic rings. The van der Waals surface area contributed by atoms with Gasteiger partial charge in [0.15, 0.2) is 0 Å². The van der Waals surface area contributed by atoms with Gasteiger partial charge in [-0.1, -0.05) is 0 Å². The predicted octanol–water partition coefficient (Wildman–Crippen LogP) is 2.24. The molecule has 1 saturated heterocycles. The summed E-state index contributed by atoms with van der Waals surface area (Å²) in [5.41, 5.74) is 1.76. The number of benzene rings is 1. The summed E-state index contributed by atoms with van der Waals surface area (Å²) in [6.45, 7) is 2.99. The molecule has 4 rings (SSSR count). The van der Waals surface area contributed by atoms with Crippen molar-refractivity contribution < 1.29 is 9.53 Å². The van der Waals surface area contributed by atoms with Crippen molar-refractivity contribution in [3.63, 3.8) is 0 Å². The van der Waals surface area contributed by atoms with Gasteiger partial charge >= 0.3 is 0 Å². The molecule has 1 aliphatic heterocycles. The van der Waals surface area contributed by atoms with Crippen LogP contribution in [0.3, 0.4) is 0 Å². The van der Waals surface area contributed by atoms with Gasteiger partial charge in [0.25, 0.3) is 5.91 Å². The maximum absolute atomic E-state index is 12.8. The van der Waals surface area contributed by atoms with Crippen molar-refractivity contribution in [2.24, 2.45) is 0 Å². The number of carbonyl (C=O) groups excluding carboxylic acids is 1. The Bertz CT molecular complexity index is 883. The van der Waals surface area contributed by atoms with Crippen LogP contribution in [0.25, 0.3) is 5.82 Å². The zero-order valence-electron chi connectivity index (χ0n) is 15.2. The molecule has 1 aromatic carbocycles. The number of amides is 1. The number of hydrogen-bond donors (Lipinski definition) is 0. The van der Waals surface area contributed by atoms with Crippen molar-refractivity contribution >= 4 is 11.6 Å². The van der Waals surface area contributed by atoms with Gasteiger partial charge in [-0.3, -0.25) is 9.36 Å². The number of pyridine rings is 1. The SMILES string of the molecule is COc1ccc(N2CCN(C(=O)c3ccc(-n4ccnc4)nc3)CC2)cc1. The minimum Gasteiger partial charge on any atom is -0.497 e. The van der Waals surface area contributed by atoms with Crippen LogP contribution in [0.4, 0.5) is 5.69 Å². The highest BCUT2D eigenvalue weighted by molar-refractivity contribution is 5.94. The molecule has 0 atom stereocenters. The van der Waals surface area contributed by atoms with Crippen LogP contribution >= 0.6 is 0 Å². The molecular weight excluding hydrogens is 342 g/mol. The first-order valence-corrected chi connectivity index (χ1v) is 8.87. The molecule has 1 fully saturated rings. The molecule has 2 aromatic heterocycles. The van der Waals surface area contributed by atoms with E-state index in [0.717, 1.165) is 30.3 Å². The van der Waals surface area contributed by atoms with Gasteiger partial charge in [-0.2, -0.15) is 0 Å². The van der Waals surface area contributed by atoms with Crippen molar-refractivity contribution in [2.75, 3.05) is 38.2 Å². The molecule has 0 bridgehead atoms. The van der Waals surface area contributed by atoms with E-state index in [-0.39, 0.29) is 5.91 Å². The van der Waals surface area contributed by atoms with Crippen molar-refractivity contribution in [3.8, 4) is 11.6 Å². The molecule has 138 valence electrons. The molecule has 0 radical (unpaired) electrons. The maximum atomic E-state index is 12.8. The Morgan fingerprint density at radius 3 is 2.41 bits per heavy atom. The summed E-state index contributed by atoms with van der Waals surface area (Å²) in [6, 6.07) is 11.7. The fourth-order valence-corrected chi connectivity index (χ4v) is 3.20. The Labute approximate surface area is 157 Å². The number of methoxy groups -OCH3 is 1. The second-order valence-corrected chi connectivity index (χ2v) is 6.35. The Kier molecular flexibility index (Phi) is 4.74. The third-order valence-corrected chi connectivity index (χ3v) is 4.77. The summed E-state index contributed by atoms with van der Waals surface area (Å²) in [7, 11) is 1.66. The molecule has 0 saturated carbocycles. The highest BCUT2D eigenvalue weighted by Crippen LogP contribution is 2.21. The Hall–Kier alpha value is -3.35. The van der Waals surface area contributed by atoms with Crippen LogP contribution in [0.15, 0.2) is 61.3 Å².